The van der Waals surface area contributed by atoms with Gasteiger partial charge in [-0.1, -0.05) is 0 Å². The van der Waals surface area contributed by atoms with Crippen LogP contribution in [0.4, 0.5) is 27.8 Å². The molecule has 120 valence electrons. The summed E-state index contributed by atoms with van der Waals surface area (Å²) in [7, 11) is 1.50. The fourth-order valence-electron chi connectivity index (χ4n) is 1.18. The number of rotatable bonds is 7. The molecule has 0 atom stereocenters. The van der Waals surface area contributed by atoms with E-state index in [0.717, 1.165) is 6.07 Å². The largest absolute Gasteiger partial charge is 0.471 e. The van der Waals surface area contributed by atoms with Crippen LogP contribution in [0.1, 0.15) is 12.7 Å². The minimum atomic E-state index is -5.68. The van der Waals surface area contributed by atoms with Crippen LogP contribution in [0.15, 0.2) is 6.07 Å². The van der Waals surface area contributed by atoms with Crippen molar-refractivity contribution < 1.29 is 31.4 Å². The molecule has 1 aromatic rings. The van der Waals surface area contributed by atoms with E-state index in [4.69, 9.17) is 4.74 Å². The van der Waals surface area contributed by atoms with E-state index in [-0.39, 0.29) is 18.2 Å². The van der Waals surface area contributed by atoms with Gasteiger partial charge in [-0.3, -0.25) is 0 Å². The Morgan fingerprint density at radius 3 is 2.38 bits per heavy atom. The van der Waals surface area contributed by atoms with E-state index in [0.29, 0.717) is 6.61 Å². The van der Waals surface area contributed by atoms with Gasteiger partial charge in [0.25, 0.3) is 0 Å². The number of hydrogen-bond acceptors (Lipinski definition) is 5. The second-order valence-electron chi connectivity index (χ2n) is 3.89. The smallest absolute Gasteiger partial charge is 0.456 e. The summed E-state index contributed by atoms with van der Waals surface area (Å²) in [6.07, 6.45) is -5.68. The summed E-state index contributed by atoms with van der Waals surface area (Å²) in [4.78, 5) is 7.65. The Morgan fingerprint density at radius 1 is 1.19 bits per heavy atom. The molecule has 0 aliphatic heterocycles. The number of alkyl halides is 5. The van der Waals surface area contributed by atoms with Gasteiger partial charge in [0, 0.05) is 19.7 Å². The van der Waals surface area contributed by atoms with Gasteiger partial charge in [0.2, 0.25) is 5.88 Å². The van der Waals surface area contributed by atoms with Crippen LogP contribution in [0.25, 0.3) is 0 Å². The molecule has 1 heterocycles. The molecule has 0 amide bonds. The second-order valence-corrected chi connectivity index (χ2v) is 3.89. The number of aromatic nitrogens is 2. The third-order valence-corrected chi connectivity index (χ3v) is 2.26. The monoisotopic (exact) mass is 315 g/mol. The van der Waals surface area contributed by atoms with Crippen LogP contribution in [-0.2, 0) is 11.3 Å². The maximum absolute atomic E-state index is 12.8. The maximum Gasteiger partial charge on any atom is 0.456 e. The molecule has 0 radical (unpaired) electrons. The summed E-state index contributed by atoms with van der Waals surface area (Å²) >= 11 is 0. The minimum absolute atomic E-state index is 0.0158. The normalized spacial score (nSPS) is 12.3. The highest BCUT2D eigenvalue weighted by Crippen LogP contribution is 2.35. The lowest BCUT2D eigenvalue weighted by molar-refractivity contribution is -0.290. The zero-order chi connectivity index (χ0) is 16.1. The summed E-state index contributed by atoms with van der Waals surface area (Å²) in [5.41, 5.74) is 0. The molecule has 10 heteroatoms. The topological polar surface area (TPSA) is 56.3 Å². The quantitative estimate of drug-likeness (QED) is 0.784. The molecule has 0 spiro atoms. The molecule has 1 N–H and O–H groups in total. The van der Waals surface area contributed by atoms with Gasteiger partial charge in [-0.05, 0) is 6.92 Å². The predicted octanol–water partition coefficient (Wildman–Crippen LogP) is 2.63. The number of anilines is 1. The average molecular weight is 315 g/mol. The van der Waals surface area contributed by atoms with Gasteiger partial charge in [0.05, 0.1) is 0 Å². The zero-order valence-corrected chi connectivity index (χ0v) is 11.3. The lowest BCUT2D eigenvalue weighted by atomic mass is 10.3. The van der Waals surface area contributed by atoms with Crippen LogP contribution < -0.4 is 10.1 Å². The van der Waals surface area contributed by atoms with Crippen LogP contribution in [-0.4, -0.2) is 42.3 Å². The molecule has 0 aliphatic rings. The van der Waals surface area contributed by atoms with Gasteiger partial charge in [0.1, 0.15) is 12.4 Å². The Morgan fingerprint density at radius 2 is 1.86 bits per heavy atom. The van der Waals surface area contributed by atoms with E-state index in [1.54, 1.807) is 6.92 Å². The molecule has 0 aromatic carbocycles. The Balaban J connectivity index is 2.83. The molecule has 21 heavy (non-hydrogen) atoms. The van der Waals surface area contributed by atoms with E-state index in [9.17, 15) is 22.0 Å². The average Bonchev–Trinajstić information content (AvgIpc) is 2.41. The van der Waals surface area contributed by atoms with Crippen molar-refractivity contribution >= 4 is 5.82 Å². The summed E-state index contributed by atoms with van der Waals surface area (Å²) < 4.78 is 71.1. The van der Waals surface area contributed by atoms with Crippen molar-refractivity contribution in [2.75, 3.05) is 25.6 Å². The highest BCUT2D eigenvalue weighted by molar-refractivity contribution is 5.37. The van der Waals surface area contributed by atoms with Crippen LogP contribution in [0.5, 0.6) is 5.88 Å². The van der Waals surface area contributed by atoms with Gasteiger partial charge in [0.15, 0.2) is 12.4 Å². The maximum atomic E-state index is 12.8. The first kappa shape index (κ1) is 17.3. The molecule has 0 saturated carbocycles. The van der Waals surface area contributed by atoms with E-state index in [1.807, 2.05) is 0 Å². The van der Waals surface area contributed by atoms with Gasteiger partial charge < -0.3 is 14.8 Å². The van der Waals surface area contributed by atoms with Crippen molar-refractivity contribution in [2.45, 2.75) is 25.6 Å². The number of hydrogen-bond donors (Lipinski definition) is 1. The Labute approximate surface area is 117 Å². The van der Waals surface area contributed by atoms with Crippen molar-refractivity contribution in [3.05, 3.63) is 11.9 Å². The van der Waals surface area contributed by atoms with Crippen molar-refractivity contribution in [1.82, 2.24) is 9.97 Å². The third kappa shape index (κ3) is 4.96. The Hall–Kier alpha value is -1.71. The van der Waals surface area contributed by atoms with Crippen molar-refractivity contribution in [1.29, 1.82) is 0 Å². The molecule has 0 aliphatic carbocycles. The molecular weight excluding hydrogens is 301 g/mol. The van der Waals surface area contributed by atoms with Crippen molar-refractivity contribution in [3.63, 3.8) is 0 Å². The van der Waals surface area contributed by atoms with Gasteiger partial charge in [-0.25, -0.2) is 4.98 Å². The van der Waals surface area contributed by atoms with Crippen molar-refractivity contribution in [2.24, 2.45) is 0 Å². The van der Waals surface area contributed by atoms with E-state index < -0.39 is 24.6 Å². The molecule has 1 rings (SSSR count). The summed E-state index contributed by atoms with van der Waals surface area (Å²) in [6.45, 7) is 0.224. The van der Waals surface area contributed by atoms with Gasteiger partial charge in [-0.2, -0.15) is 26.9 Å². The number of ether oxygens (including phenoxy) is 2. The van der Waals surface area contributed by atoms with E-state index in [2.05, 4.69) is 20.0 Å². The number of nitrogens with one attached hydrogen (secondary N) is 1. The van der Waals surface area contributed by atoms with E-state index >= 15 is 0 Å². The molecule has 0 bridgehead atoms. The molecular formula is C11H14F5N3O2. The highest BCUT2D eigenvalue weighted by Gasteiger charge is 2.58. The molecule has 0 unspecified atom stereocenters. The second kappa shape index (κ2) is 6.83. The first-order valence-corrected chi connectivity index (χ1v) is 5.90. The fraction of sp³-hybridized carbons (Fsp3) is 0.636. The number of nitrogens with zero attached hydrogens (tertiary/aromatic N) is 2. The third-order valence-electron chi connectivity index (χ3n) is 2.26. The number of halogens is 5. The van der Waals surface area contributed by atoms with Crippen LogP contribution >= 0.6 is 0 Å². The zero-order valence-electron chi connectivity index (χ0n) is 11.3. The summed E-state index contributed by atoms with van der Waals surface area (Å²) in [6, 6.07) is 1.11. The summed E-state index contributed by atoms with van der Waals surface area (Å²) in [5.74, 6) is -5.04. The lowest BCUT2D eigenvalue weighted by Crippen LogP contribution is -2.41. The SMILES string of the molecule is CCOCc1nc(NC)cc(OCC(F)(F)C(F)(F)F)n1. The first-order valence-electron chi connectivity index (χ1n) is 5.90. The van der Waals surface area contributed by atoms with Crippen LogP contribution in [0.3, 0.4) is 0 Å². The van der Waals surface area contributed by atoms with Gasteiger partial charge >= 0.3 is 12.1 Å². The van der Waals surface area contributed by atoms with Crippen LogP contribution in [0, 0.1) is 0 Å². The van der Waals surface area contributed by atoms with Crippen molar-refractivity contribution in [3.8, 4) is 5.88 Å². The fourth-order valence-corrected chi connectivity index (χ4v) is 1.18. The standard InChI is InChI=1S/C11H14F5N3O2/c1-3-20-5-8-18-7(17-2)4-9(19-8)21-6-10(12,13)11(14,15)16/h4H,3,5-6H2,1-2H3,(H,17,18,19). The highest BCUT2D eigenvalue weighted by atomic mass is 19.4. The molecule has 0 fully saturated rings. The molecule has 0 saturated heterocycles. The van der Waals surface area contributed by atoms with Crippen LogP contribution in [0.2, 0.25) is 0 Å². The Bertz CT molecular complexity index is 468. The van der Waals surface area contributed by atoms with E-state index in [1.165, 1.54) is 7.05 Å². The minimum Gasteiger partial charge on any atom is -0.471 e. The predicted molar refractivity (Wildman–Crippen MR) is 63.4 cm³/mol. The molecule has 5 nitrogen and oxygen atoms in total. The summed E-state index contributed by atoms with van der Waals surface area (Å²) in [5, 5.41) is 2.62. The van der Waals surface area contributed by atoms with Gasteiger partial charge in [-0.15, -0.1) is 0 Å². The lowest BCUT2D eigenvalue weighted by Gasteiger charge is -2.19. The Kier molecular flexibility index (Phi) is 5.64. The first-order chi connectivity index (χ1) is 9.69. The molecule has 1 aromatic heterocycles.